The Morgan fingerprint density at radius 2 is 2.06 bits per heavy atom. The molecule has 5 heterocycles. The lowest BCUT2D eigenvalue weighted by Gasteiger charge is -2.32. The minimum absolute atomic E-state index is 0.265. The van der Waals surface area contributed by atoms with Gasteiger partial charge in [-0.25, -0.2) is 4.39 Å². The summed E-state index contributed by atoms with van der Waals surface area (Å²) in [6.07, 6.45) is 3.08. The van der Waals surface area contributed by atoms with Gasteiger partial charge in [0.25, 0.3) is 0 Å². The van der Waals surface area contributed by atoms with Crippen molar-refractivity contribution in [2.24, 2.45) is 0 Å². The number of pyridine rings is 1. The number of carbonyl (C=O) groups is 2. The van der Waals surface area contributed by atoms with Crippen LogP contribution in [0.25, 0.3) is 10.9 Å². The highest BCUT2D eigenvalue weighted by Gasteiger charge is 2.70. The van der Waals surface area contributed by atoms with Crippen molar-refractivity contribution in [1.29, 1.82) is 0 Å². The summed E-state index contributed by atoms with van der Waals surface area (Å²) >= 11 is 0. The SMILES string of the molecule is CC.Cc1nc2ccc(C34CCN(Cc5ccn[nH]5)CC3(C)O4)c(F)c2cc1C1CCC(=O)NC1=O. The Bertz CT molecular complexity index is 1330. The fourth-order valence-corrected chi connectivity index (χ4v) is 5.86. The Morgan fingerprint density at radius 1 is 1.25 bits per heavy atom. The van der Waals surface area contributed by atoms with Crippen LogP contribution in [0.4, 0.5) is 4.39 Å². The van der Waals surface area contributed by atoms with Crippen molar-refractivity contribution in [3.8, 4) is 0 Å². The Labute approximate surface area is 209 Å². The minimum Gasteiger partial charge on any atom is -0.356 e. The second-order valence-corrected chi connectivity index (χ2v) is 9.86. The maximum absolute atomic E-state index is 16.0. The molecular formula is C27H32FN5O3. The van der Waals surface area contributed by atoms with Crippen LogP contribution in [-0.4, -0.2) is 50.6 Å². The van der Waals surface area contributed by atoms with E-state index < -0.39 is 17.1 Å². The van der Waals surface area contributed by atoms with E-state index in [0.717, 1.165) is 18.8 Å². The molecular weight excluding hydrogens is 461 g/mol. The number of aromatic nitrogens is 3. The zero-order valence-corrected chi connectivity index (χ0v) is 21.2. The van der Waals surface area contributed by atoms with Gasteiger partial charge >= 0.3 is 0 Å². The number of nitrogens with zero attached hydrogens (tertiary/aromatic N) is 3. The first-order valence-electron chi connectivity index (χ1n) is 12.6. The third kappa shape index (κ3) is 3.90. The topological polar surface area (TPSA) is 104 Å². The lowest BCUT2D eigenvalue weighted by atomic mass is 9.80. The van der Waals surface area contributed by atoms with Crippen molar-refractivity contribution in [3.63, 3.8) is 0 Å². The van der Waals surface area contributed by atoms with Crippen LogP contribution in [0.15, 0.2) is 30.5 Å². The fraction of sp³-hybridized carbons (Fsp3) is 0.481. The molecule has 0 spiro atoms. The zero-order chi connectivity index (χ0) is 25.7. The van der Waals surface area contributed by atoms with E-state index in [1.807, 2.05) is 39.8 Å². The monoisotopic (exact) mass is 493 g/mol. The van der Waals surface area contributed by atoms with Gasteiger partial charge in [0.2, 0.25) is 11.8 Å². The van der Waals surface area contributed by atoms with E-state index in [-0.39, 0.29) is 24.1 Å². The highest BCUT2D eigenvalue weighted by Crippen LogP contribution is 2.61. The molecule has 3 aliphatic rings. The number of imide groups is 1. The van der Waals surface area contributed by atoms with Crippen molar-refractivity contribution < 1.29 is 18.7 Å². The number of rotatable bonds is 4. The predicted octanol–water partition coefficient (Wildman–Crippen LogP) is 3.84. The largest absolute Gasteiger partial charge is 0.356 e. The molecule has 2 N–H and O–H groups in total. The van der Waals surface area contributed by atoms with Crippen LogP contribution < -0.4 is 5.32 Å². The first kappa shape index (κ1) is 24.5. The summed E-state index contributed by atoms with van der Waals surface area (Å²) in [5.74, 6) is -1.48. The molecule has 3 unspecified atom stereocenters. The van der Waals surface area contributed by atoms with Crippen molar-refractivity contribution >= 4 is 22.7 Å². The lowest BCUT2D eigenvalue weighted by Crippen LogP contribution is -2.44. The summed E-state index contributed by atoms with van der Waals surface area (Å²) < 4.78 is 22.3. The maximum Gasteiger partial charge on any atom is 0.234 e. The smallest absolute Gasteiger partial charge is 0.234 e. The molecule has 0 saturated carbocycles. The standard InChI is InChI=1S/C25H26FN5O3.C2H6/c1-14-17(16-3-6-21(32)29-23(16)33)11-18-20(28-14)5-4-19(22(18)26)25-8-10-31(13-24(25,2)34-25)12-15-7-9-27-30-15;1-2/h4-5,7,9,11,16H,3,6,8,10,12-13H2,1-2H3,(H,27,30)(H,29,32,33);1-2H3. The van der Waals surface area contributed by atoms with E-state index in [2.05, 4.69) is 25.4 Å². The van der Waals surface area contributed by atoms with Gasteiger partial charge < -0.3 is 4.74 Å². The molecule has 2 aromatic heterocycles. The van der Waals surface area contributed by atoms with Crippen LogP contribution in [0.3, 0.4) is 0 Å². The van der Waals surface area contributed by atoms with Crippen LogP contribution in [0, 0.1) is 12.7 Å². The molecule has 1 aromatic carbocycles. The first-order chi connectivity index (χ1) is 17.3. The molecule has 36 heavy (non-hydrogen) atoms. The van der Waals surface area contributed by atoms with Crippen LogP contribution >= 0.6 is 0 Å². The van der Waals surface area contributed by atoms with Crippen LogP contribution in [0.1, 0.15) is 68.5 Å². The van der Waals surface area contributed by atoms with E-state index in [9.17, 15) is 9.59 Å². The number of epoxide rings is 1. The van der Waals surface area contributed by atoms with Gasteiger partial charge in [-0.05, 0) is 50.5 Å². The third-order valence-electron chi connectivity index (χ3n) is 7.68. The number of ether oxygens (including phenoxy) is 1. The van der Waals surface area contributed by atoms with Gasteiger partial charge in [0.15, 0.2) is 0 Å². The molecule has 190 valence electrons. The predicted molar refractivity (Wildman–Crippen MR) is 133 cm³/mol. The number of halogens is 1. The molecule has 3 saturated heterocycles. The number of hydrogen-bond donors (Lipinski definition) is 2. The van der Waals surface area contributed by atoms with Crippen molar-refractivity contribution in [1.82, 2.24) is 25.4 Å². The first-order valence-corrected chi connectivity index (χ1v) is 12.6. The average molecular weight is 494 g/mol. The summed E-state index contributed by atoms with van der Waals surface area (Å²) in [6.45, 7) is 10.1. The molecule has 0 bridgehead atoms. The van der Waals surface area contributed by atoms with E-state index in [1.54, 1.807) is 18.3 Å². The molecule has 6 rings (SSSR count). The van der Waals surface area contributed by atoms with Crippen LogP contribution in [-0.2, 0) is 26.5 Å². The second-order valence-electron chi connectivity index (χ2n) is 9.86. The summed E-state index contributed by atoms with van der Waals surface area (Å²) in [6, 6.07) is 7.32. The second kappa shape index (κ2) is 9.05. The number of benzene rings is 1. The van der Waals surface area contributed by atoms with Gasteiger partial charge in [-0.2, -0.15) is 5.10 Å². The Kier molecular flexibility index (Phi) is 6.16. The molecule has 0 aliphatic carbocycles. The number of carbonyl (C=O) groups excluding carboxylic acids is 2. The van der Waals surface area contributed by atoms with Gasteiger partial charge in [0.1, 0.15) is 17.0 Å². The van der Waals surface area contributed by atoms with Crippen LogP contribution in [0.2, 0.25) is 0 Å². The van der Waals surface area contributed by atoms with Gasteiger partial charge in [-0.3, -0.25) is 29.9 Å². The number of amides is 2. The number of H-pyrrole nitrogens is 1. The van der Waals surface area contributed by atoms with Crippen molar-refractivity contribution in [2.45, 2.75) is 70.6 Å². The molecule has 9 heteroatoms. The highest BCUT2D eigenvalue weighted by atomic mass is 19.1. The number of fused-ring (bicyclic) bond motifs is 2. The molecule has 2 amide bonds. The Morgan fingerprint density at radius 3 is 2.75 bits per heavy atom. The molecule has 0 radical (unpaired) electrons. The summed E-state index contributed by atoms with van der Waals surface area (Å²) in [5.41, 5.74) is 2.32. The van der Waals surface area contributed by atoms with Crippen molar-refractivity contribution in [2.75, 3.05) is 13.1 Å². The maximum atomic E-state index is 16.0. The molecule has 3 aliphatic heterocycles. The normalized spacial score (nSPS) is 27.8. The number of piperidine rings is 2. The number of likely N-dealkylation sites (tertiary alicyclic amines) is 1. The molecule has 3 atom stereocenters. The molecule has 3 fully saturated rings. The van der Waals surface area contributed by atoms with E-state index in [0.29, 0.717) is 47.1 Å². The van der Waals surface area contributed by atoms with E-state index in [4.69, 9.17) is 4.74 Å². The zero-order valence-electron chi connectivity index (χ0n) is 21.2. The summed E-state index contributed by atoms with van der Waals surface area (Å²) in [4.78, 5) is 30.9. The summed E-state index contributed by atoms with van der Waals surface area (Å²) in [7, 11) is 0. The number of aryl methyl sites for hydroxylation is 1. The van der Waals surface area contributed by atoms with E-state index >= 15 is 4.39 Å². The third-order valence-corrected chi connectivity index (χ3v) is 7.68. The molecule has 8 nitrogen and oxygen atoms in total. The van der Waals surface area contributed by atoms with Crippen molar-refractivity contribution in [3.05, 3.63) is 58.8 Å². The van der Waals surface area contributed by atoms with Crippen LogP contribution in [0.5, 0.6) is 0 Å². The quantitative estimate of drug-likeness (QED) is 0.423. The van der Waals surface area contributed by atoms with Gasteiger partial charge in [0, 0.05) is 54.6 Å². The van der Waals surface area contributed by atoms with Gasteiger partial charge in [-0.1, -0.05) is 19.9 Å². The highest BCUT2D eigenvalue weighted by molar-refractivity contribution is 6.01. The number of nitrogens with one attached hydrogen (secondary N) is 2. The lowest BCUT2D eigenvalue weighted by molar-refractivity contribution is -0.134. The summed E-state index contributed by atoms with van der Waals surface area (Å²) in [5, 5.41) is 9.78. The number of aromatic amines is 1. The fourth-order valence-electron chi connectivity index (χ4n) is 5.86. The minimum atomic E-state index is -0.671. The Balaban J connectivity index is 0.00000130. The van der Waals surface area contributed by atoms with E-state index in [1.165, 1.54) is 0 Å². The Hall–Kier alpha value is -3.17. The van der Waals surface area contributed by atoms with Gasteiger partial charge in [0.05, 0.1) is 11.4 Å². The molecule has 3 aromatic rings. The number of hydrogen-bond acceptors (Lipinski definition) is 6. The van der Waals surface area contributed by atoms with Gasteiger partial charge in [-0.15, -0.1) is 0 Å². The average Bonchev–Trinajstić information content (AvgIpc) is 3.17.